The molecule has 0 atom stereocenters. The molecular weight excluding hydrogens is 408 g/mol. The largest absolute Gasteiger partial charge is 0.465 e. The second kappa shape index (κ2) is 9.61. The monoisotopic (exact) mass is 435 g/mol. The molecule has 0 unspecified atom stereocenters. The summed E-state index contributed by atoms with van der Waals surface area (Å²) in [4.78, 5) is 14.7. The number of halogens is 2. The van der Waals surface area contributed by atoms with Crippen LogP contribution in [0.15, 0.2) is 60.7 Å². The highest BCUT2D eigenvalue weighted by Crippen LogP contribution is 2.32. The van der Waals surface area contributed by atoms with Gasteiger partial charge >= 0.3 is 5.97 Å². The summed E-state index contributed by atoms with van der Waals surface area (Å²) in [5.41, 5.74) is 5.09. The Labute approximate surface area is 187 Å². The summed E-state index contributed by atoms with van der Waals surface area (Å²) >= 11 is 0. The zero-order chi connectivity index (χ0) is 22.7. The van der Waals surface area contributed by atoms with E-state index >= 15 is 0 Å². The Bertz CT molecular complexity index is 1120. The van der Waals surface area contributed by atoms with E-state index < -0.39 is 11.6 Å². The average molecular weight is 436 g/mol. The van der Waals surface area contributed by atoms with Crippen LogP contribution in [0.4, 0.5) is 8.78 Å². The van der Waals surface area contributed by atoms with Crippen LogP contribution in [0.5, 0.6) is 0 Å². The van der Waals surface area contributed by atoms with Crippen LogP contribution in [-0.2, 0) is 17.7 Å². The van der Waals surface area contributed by atoms with Gasteiger partial charge in [0.05, 0.1) is 12.7 Å². The molecule has 1 fully saturated rings. The van der Waals surface area contributed by atoms with Crippen molar-refractivity contribution in [3.05, 3.63) is 94.6 Å². The van der Waals surface area contributed by atoms with E-state index in [9.17, 15) is 13.6 Å². The van der Waals surface area contributed by atoms with Crippen LogP contribution in [0.3, 0.4) is 0 Å². The Morgan fingerprint density at radius 2 is 1.81 bits per heavy atom. The van der Waals surface area contributed by atoms with Crippen LogP contribution in [0.2, 0.25) is 0 Å². The van der Waals surface area contributed by atoms with E-state index in [2.05, 4.69) is 11.0 Å². The maximum atomic E-state index is 14.1. The summed E-state index contributed by atoms with van der Waals surface area (Å²) in [5, 5.41) is 0. The number of benzene rings is 3. The van der Waals surface area contributed by atoms with E-state index in [-0.39, 0.29) is 5.97 Å². The molecule has 5 heteroatoms. The van der Waals surface area contributed by atoms with Gasteiger partial charge in [-0.25, -0.2) is 13.6 Å². The first kappa shape index (κ1) is 22.2. The third kappa shape index (κ3) is 5.05. The fourth-order valence-corrected chi connectivity index (χ4v) is 4.13. The van der Waals surface area contributed by atoms with Crippen LogP contribution in [0.25, 0.3) is 11.1 Å². The minimum Gasteiger partial charge on any atom is -0.465 e. The van der Waals surface area contributed by atoms with Gasteiger partial charge < -0.3 is 4.74 Å². The molecule has 0 heterocycles. The lowest BCUT2D eigenvalue weighted by Gasteiger charge is -2.23. The summed E-state index contributed by atoms with van der Waals surface area (Å²) in [5.74, 6) is -1.41. The van der Waals surface area contributed by atoms with Gasteiger partial charge in [0.25, 0.3) is 0 Å². The summed E-state index contributed by atoms with van der Waals surface area (Å²) in [6.45, 7) is 3.41. The van der Waals surface area contributed by atoms with Crippen LogP contribution < -0.4 is 0 Å². The number of hydrogen-bond donors (Lipinski definition) is 0. The predicted octanol–water partition coefficient (Wildman–Crippen LogP) is 5.93. The van der Waals surface area contributed by atoms with Crippen molar-refractivity contribution in [2.45, 2.75) is 38.8 Å². The van der Waals surface area contributed by atoms with Gasteiger partial charge in [-0.05, 0) is 72.2 Å². The Morgan fingerprint density at radius 3 is 2.50 bits per heavy atom. The van der Waals surface area contributed by atoms with Crippen LogP contribution in [0, 0.1) is 18.6 Å². The van der Waals surface area contributed by atoms with Gasteiger partial charge in [-0.1, -0.05) is 36.4 Å². The highest BCUT2D eigenvalue weighted by Gasteiger charge is 2.29. The lowest BCUT2D eigenvalue weighted by molar-refractivity contribution is 0.0601. The molecule has 1 aliphatic carbocycles. The number of methoxy groups -OCH3 is 1. The van der Waals surface area contributed by atoms with Gasteiger partial charge in [-0.15, -0.1) is 0 Å². The third-order valence-electron chi connectivity index (χ3n) is 6.06. The summed E-state index contributed by atoms with van der Waals surface area (Å²) in [6, 6.07) is 18.1. The number of carbonyl (C=O) groups is 1. The van der Waals surface area contributed by atoms with Gasteiger partial charge in [0.2, 0.25) is 0 Å². The van der Waals surface area contributed by atoms with Crippen molar-refractivity contribution < 1.29 is 18.3 Å². The molecule has 32 heavy (non-hydrogen) atoms. The topological polar surface area (TPSA) is 29.5 Å². The molecule has 166 valence electrons. The van der Waals surface area contributed by atoms with Crippen molar-refractivity contribution >= 4 is 5.97 Å². The van der Waals surface area contributed by atoms with Crippen molar-refractivity contribution in [2.24, 2.45) is 0 Å². The first-order chi connectivity index (χ1) is 15.5. The smallest absolute Gasteiger partial charge is 0.338 e. The zero-order valence-electron chi connectivity index (χ0n) is 18.4. The average Bonchev–Trinajstić information content (AvgIpc) is 3.63. The number of carbonyl (C=O) groups excluding carboxylic acids is 1. The first-order valence-electron chi connectivity index (χ1n) is 10.9. The highest BCUT2D eigenvalue weighted by molar-refractivity contribution is 5.97. The summed E-state index contributed by atoms with van der Waals surface area (Å²) in [6.07, 6.45) is 2.76. The van der Waals surface area contributed by atoms with Crippen molar-refractivity contribution in [3.63, 3.8) is 0 Å². The number of nitrogens with zero attached hydrogens (tertiary/aromatic N) is 1. The molecule has 3 nitrogen and oxygen atoms in total. The Kier molecular flexibility index (Phi) is 6.66. The Balaban J connectivity index is 1.58. The fraction of sp³-hybridized carbons (Fsp3) is 0.296. The normalized spacial score (nSPS) is 13.4. The van der Waals surface area contributed by atoms with Gasteiger partial charge in [-0.3, -0.25) is 4.90 Å². The lowest BCUT2D eigenvalue weighted by atomic mass is 9.94. The van der Waals surface area contributed by atoms with Crippen LogP contribution in [0.1, 0.15) is 39.9 Å². The Morgan fingerprint density at radius 1 is 1.03 bits per heavy atom. The van der Waals surface area contributed by atoms with Crippen molar-refractivity contribution in [1.29, 1.82) is 0 Å². The molecule has 1 saturated carbocycles. The Hall–Kier alpha value is -3.05. The molecular formula is C27H27F2NO2. The van der Waals surface area contributed by atoms with Gasteiger partial charge in [0.1, 0.15) is 11.6 Å². The lowest BCUT2D eigenvalue weighted by Crippen LogP contribution is -2.28. The quantitative estimate of drug-likeness (QED) is 0.411. The van der Waals surface area contributed by atoms with Crippen molar-refractivity contribution in [2.75, 3.05) is 13.7 Å². The third-order valence-corrected chi connectivity index (χ3v) is 6.06. The standard InChI is InChI=1S/C27H27F2NO2/c1-18-5-3-4-6-23(18)25-15-19(7-12-24(25)27(31)32-2)17-30(22-10-11-22)14-13-20-8-9-21(28)16-26(20)29/h3-9,12,15-16,22H,10-11,13-14,17H2,1-2H3. The fourth-order valence-electron chi connectivity index (χ4n) is 4.13. The van der Waals surface area contributed by atoms with Crippen molar-refractivity contribution in [1.82, 2.24) is 4.90 Å². The minimum atomic E-state index is -0.556. The molecule has 3 aromatic carbocycles. The van der Waals surface area contributed by atoms with Gasteiger partial charge in [0.15, 0.2) is 0 Å². The van der Waals surface area contributed by atoms with E-state index in [1.165, 1.54) is 19.2 Å². The highest BCUT2D eigenvalue weighted by atomic mass is 19.1. The van der Waals surface area contributed by atoms with Crippen LogP contribution in [-0.4, -0.2) is 30.6 Å². The second-order valence-corrected chi connectivity index (χ2v) is 8.37. The second-order valence-electron chi connectivity index (χ2n) is 8.37. The van der Waals surface area contributed by atoms with E-state index in [1.54, 1.807) is 0 Å². The van der Waals surface area contributed by atoms with E-state index in [0.29, 0.717) is 36.7 Å². The zero-order valence-corrected chi connectivity index (χ0v) is 18.4. The van der Waals surface area contributed by atoms with E-state index in [1.807, 2.05) is 43.3 Å². The molecule has 3 aromatic rings. The van der Waals surface area contributed by atoms with E-state index in [0.717, 1.165) is 41.2 Å². The maximum absolute atomic E-state index is 14.1. The molecule has 0 aromatic heterocycles. The number of rotatable bonds is 8. The molecule has 0 aliphatic heterocycles. The summed E-state index contributed by atoms with van der Waals surface area (Å²) in [7, 11) is 1.39. The molecule has 4 rings (SSSR count). The number of hydrogen-bond acceptors (Lipinski definition) is 3. The maximum Gasteiger partial charge on any atom is 0.338 e. The van der Waals surface area contributed by atoms with Gasteiger partial charge in [0, 0.05) is 25.2 Å². The molecule has 1 aliphatic rings. The molecule has 0 spiro atoms. The number of aryl methyl sites for hydroxylation is 1. The number of esters is 1. The molecule has 0 saturated heterocycles. The summed E-state index contributed by atoms with van der Waals surface area (Å²) < 4.78 is 32.3. The SMILES string of the molecule is COC(=O)c1ccc(CN(CCc2ccc(F)cc2F)C2CC2)cc1-c1ccccc1C. The van der Waals surface area contributed by atoms with Crippen LogP contribution >= 0.6 is 0 Å². The van der Waals surface area contributed by atoms with Gasteiger partial charge in [-0.2, -0.15) is 0 Å². The minimum absolute atomic E-state index is 0.361. The first-order valence-corrected chi connectivity index (χ1v) is 10.9. The predicted molar refractivity (Wildman–Crippen MR) is 121 cm³/mol. The van der Waals surface area contributed by atoms with Crippen molar-refractivity contribution in [3.8, 4) is 11.1 Å². The molecule has 0 radical (unpaired) electrons. The van der Waals surface area contributed by atoms with E-state index in [4.69, 9.17) is 4.74 Å². The number of ether oxygens (including phenoxy) is 1. The molecule has 0 amide bonds. The molecule has 0 N–H and O–H groups in total. The molecule has 0 bridgehead atoms.